The van der Waals surface area contributed by atoms with Gasteiger partial charge in [0.2, 0.25) is 0 Å². The van der Waals surface area contributed by atoms with Gasteiger partial charge in [0.1, 0.15) is 0 Å². The molecule has 0 aliphatic carbocycles. The zero-order valence-electron chi connectivity index (χ0n) is 17.1. The van der Waals surface area contributed by atoms with E-state index in [1.807, 2.05) is 16.8 Å². The van der Waals surface area contributed by atoms with Crippen molar-refractivity contribution in [2.75, 3.05) is 26.7 Å². The number of aryl methyl sites for hydroxylation is 3. The number of piperazine rings is 1. The Kier molecular flexibility index (Phi) is 5.85. The molecule has 27 heavy (non-hydrogen) atoms. The second kappa shape index (κ2) is 8.13. The molecule has 144 valence electrons. The molecule has 0 bridgehead atoms. The number of hydrogen-bond donors (Lipinski definition) is 1. The molecule has 4 heteroatoms. The average molecular weight is 366 g/mol. The normalized spacial score (nSPS) is 18.3. The van der Waals surface area contributed by atoms with E-state index in [0.717, 1.165) is 19.6 Å². The number of nitrogens with one attached hydrogen (secondary N) is 1. The lowest BCUT2D eigenvalue weighted by molar-refractivity contribution is 0.118. The van der Waals surface area contributed by atoms with E-state index in [9.17, 15) is 4.79 Å². The second-order valence-electron chi connectivity index (χ2n) is 7.76. The Hall–Kier alpha value is -2.33. The molecule has 1 aliphatic rings. The Bertz CT molecular complexity index is 797. The van der Waals surface area contributed by atoms with Crippen molar-refractivity contribution in [2.45, 2.75) is 39.8 Å². The van der Waals surface area contributed by atoms with Crippen molar-refractivity contribution >= 4 is 6.03 Å². The molecule has 2 amide bonds. The van der Waals surface area contributed by atoms with Crippen LogP contribution in [0.5, 0.6) is 0 Å². The third-order valence-corrected chi connectivity index (χ3v) is 5.65. The fraction of sp³-hybridized carbons (Fsp3) is 0.435. The van der Waals surface area contributed by atoms with E-state index in [4.69, 9.17) is 0 Å². The van der Waals surface area contributed by atoms with Crippen LogP contribution in [0.15, 0.2) is 42.5 Å². The third-order valence-electron chi connectivity index (χ3n) is 5.65. The molecule has 1 aliphatic heterocycles. The van der Waals surface area contributed by atoms with Crippen LogP contribution in [0.25, 0.3) is 0 Å². The van der Waals surface area contributed by atoms with Crippen molar-refractivity contribution in [3.8, 4) is 0 Å². The molecule has 2 aromatic carbocycles. The van der Waals surface area contributed by atoms with E-state index >= 15 is 0 Å². The zero-order chi connectivity index (χ0) is 19.6. The molecule has 1 N–H and O–H groups in total. The first kappa shape index (κ1) is 19.4. The molecule has 0 radical (unpaired) electrons. The average Bonchev–Trinajstić information content (AvgIpc) is 2.66. The van der Waals surface area contributed by atoms with Gasteiger partial charge in [-0.3, -0.25) is 0 Å². The highest BCUT2D eigenvalue weighted by Gasteiger charge is 2.32. The summed E-state index contributed by atoms with van der Waals surface area (Å²) in [5.41, 5.74) is 6.11. The molecule has 4 nitrogen and oxygen atoms in total. The molecule has 0 spiro atoms. The SMILES string of the molecule is Cc1cc(C)cc([C@@H](C)N(C)C(=O)N2CCNC[C@@H]2c2ccccc2C)c1. The Balaban J connectivity index is 1.84. The molecular weight excluding hydrogens is 334 g/mol. The van der Waals surface area contributed by atoms with Gasteiger partial charge in [0.15, 0.2) is 0 Å². The number of carbonyl (C=O) groups excluding carboxylic acids is 1. The Morgan fingerprint density at radius 1 is 1.15 bits per heavy atom. The summed E-state index contributed by atoms with van der Waals surface area (Å²) in [6.45, 7) is 10.8. The zero-order valence-corrected chi connectivity index (χ0v) is 17.1. The van der Waals surface area contributed by atoms with Gasteiger partial charge in [0, 0.05) is 26.7 Å². The van der Waals surface area contributed by atoms with Gasteiger partial charge in [-0.05, 0) is 44.4 Å². The number of amides is 2. The van der Waals surface area contributed by atoms with Crippen LogP contribution in [0, 0.1) is 20.8 Å². The predicted molar refractivity (Wildman–Crippen MR) is 111 cm³/mol. The van der Waals surface area contributed by atoms with Crippen LogP contribution in [0.3, 0.4) is 0 Å². The molecule has 1 heterocycles. The first-order chi connectivity index (χ1) is 12.9. The third kappa shape index (κ3) is 4.16. The Morgan fingerprint density at radius 3 is 2.48 bits per heavy atom. The fourth-order valence-electron chi connectivity index (χ4n) is 4.01. The van der Waals surface area contributed by atoms with Gasteiger partial charge in [0.05, 0.1) is 12.1 Å². The number of hydrogen-bond acceptors (Lipinski definition) is 2. The summed E-state index contributed by atoms with van der Waals surface area (Å²) in [5, 5.41) is 3.45. The fourth-order valence-corrected chi connectivity index (χ4v) is 4.01. The molecule has 0 unspecified atom stereocenters. The van der Waals surface area contributed by atoms with Crippen molar-refractivity contribution in [3.05, 3.63) is 70.3 Å². The second-order valence-corrected chi connectivity index (χ2v) is 7.76. The van der Waals surface area contributed by atoms with E-state index in [-0.39, 0.29) is 18.1 Å². The van der Waals surface area contributed by atoms with Gasteiger partial charge in [-0.15, -0.1) is 0 Å². The summed E-state index contributed by atoms with van der Waals surface area (Å²) >= 11 is 0. The van der Waals surface area contributed by atoms with Crippen LogP contribution in [0.2, 0.25) is 0 Å². The largest absolute Gasteiger partial charge is 0.321 e. The van der Waals surface area contributed by atoms with Crippen LogP contribution in [-0.2, 0) is 0 Å². The molecule has 0 aromatic heterocycles. The van der Waals surface area contributed by atoms with Gasteiger partial charge in [-0.25, -0.2) is 4.79 Å². The molecule has 1 saturated heterocycles. The van der Waals surface area contributed by atoms with Gasteiger partial charge >= 0.3 is 6.03 Å². The minimum Gasteiger partial charge on any atom is -0.321 e. The summed E-state index contributed by atoms with van der Waals surface area (Å²) in [5.74, 6) is 0. The summed E-state index contributed by atoms with van der Waals surface area (Å²) in [6, 6.07) is 15.1. The van der Waals surface area contributed by atoms with Crippen LogP contribution in [0.1, 0.15) is 46.8 Å². The van der Waals surface area contributed by atoms with Gasteiger partial charge in [-0.2, -0.15) is 0 Å². The van der Waals surface area contributed by atoms with Crippen LogP contribution < -0.4 is 5.32 Å². The topological polar surface area (TPSA) is 35.6 Å². The number of rotatable bonds is 3. The maximum atomic E-state index is 13.4. The van der Waals surface area contributed by atoms with Crippen LogP contribution >= 0.6 is 0 Å². The van der Waals surface area contributed by atoms with Crippen molar-refractivity contribution in [3.63, 3.8) is 0 Å². The van der Waals surface area contributed by atoms with Crippen molar-refractivity contribution in [1.82, 2.24) is 15.1 Å². The monoisotopic (exact) mass is 365 g/mol. The van der Waals surface area contributed by atoms with E-state index in [1.165, 1.54) is 27.8 Å². The highest BCUT2D eigenvalue weighted by atomic mass is 16.2. The summed E-state index contributed by atoms with van der Waals surface area (Å²) in [4.78, 5) is 17.3. The first-order valence-corrected chi connectivity index (χ1v) is 9.76. The van der Waals surface area contributed by atoms with Crippen molar-refractivity contribution in [1.29, 1.82) is 0 Å². The van der Waals surface area contributed by atoms with Gasteiger partial charge in [0.25, 0.3) is 0 Å². The molecule has 3 rings (SSSR count). The number of nitrogens with zero attached hydrogens (tertiary/aromatic N) is 2. The summed E-state index contributed by atoms with van der Waals surface area (Å²) in [6.07, 6.45) is 0. The van der Waals surface area contributed by atoms with Crippen LogP contribution in [0.4, 0.5) is 4.79 Å². The Labute approximate surface area is 163 Å². The maximum absolute atomic E-state index is 13.4. The standard InChI is InChI=1S/C23H31N3O/c1-16-12-17(2)14-20(13-16)19(4)25(5)23(27)26-11-10-24-15-22(26)21-9-7-6-8-18(21)3/h6-9,12-14,19,22,24H,10-11,15H2,1-5H3/t19-,22-/m1/s1. The van der Waals surface area contributed by atoms with Crippen molar-refractivity contribution < 1.29 is 4.79 Å². The predicted octanol–water partition coefficient (Wildman–Crippen LogP) is 4.37. The lowest BCUT2D eigenvalue weighted by atomic mass is 9.98. The molecule has 1 fully saturated rings. The van der Waals surface area contributed by atoms with E-state index in [1.54, 1.807) is 0 Å². The number of urea groups is 1. The summed E-state index contributed by atoms with van der Waals surface area (Å²) in [7, 11) is 1.92. The summed E-state index contributed by atoms with van der Waals surface area (Å²) < 4.78 is 0. The number of carbonyl (C=O) groups is 1. The smallest absolute Gasteiger partial charge is 0.320 e. The molecule has 2 aromatic rings. The lowest BCUT2D eigenvalue weighted by Crippen LogP contribution is -2.52. The highest BCUT2D eigenvalue weighted by molar-refractivity contribution is 5.75. The Morgan fingerprint density at radius 2 is 1.81 bits per heavy atom. The van der Waals surface area contributed by atoms with E-state index in [0.29, 0.717) is 0 Å². The van der Waals surface area contributed by atoms with Gasteiger partial charge < -0.3 is 15.1 Å². The van der Waals surface area contributed by atoms with E-state index < -0.39 is 0 Å². The lowest BCUT2D eigenvalue weighted by Gasteiger charge is -2.40. The first-order valence-electron chi connectivity index (χ1n) is 9.76. The highest BCUT2D eigenvalue weighted by Crippen LogP contribution is 2.29. The van der Waals surface area contributed by atoms with Gasteiger partial charge in [-0.1, -0.05) is 53.6 Å². The van der Waals surface area contributed by atoms with E-state index in [2.05, 4.69) is 75.5 Å². The molecule has 0 saturated carbocycles. The molecule has 2 atom stereocenters. The molecular formula is C23H31N3O. The number of benzene rings is 2. The van der Waals surface area contributed by atoms with Crippen molar-refractivity contribution in [2.24, 2.45) is 0 Å². The quantitative estimate of drug-likeness (QED) is 0.877. The minimum atomic E-state index is 0.0310. The minimum absolute atomic E-state index is 0.0310. The maximum Gasteiger partial charge on any atom is 0.320 e. The van der Waals surface area contributed by atoms with Crippen LogP contribution in [-0.4, -0.2) is 42.5 Å².